The molecular formula is C12H13N3O9. The van der Waals surface area contributed by atoms with Gasteiger partial charge >= 0.3 is 5.97 Å². The molecule has 1 aromatic rings. The molecule has 0 bridgehead atoms. The highest BCUT2D eigenvalue weighted by Crippen LogP contribution is 2.17. The van der Waals surface area contributed by atoms with E-state index < -0.39 is 41.3 Å². The maximum atomic E-state index is 12.1. The van der Waals surface area contributed by atoms with Crippen molar-refractivity contribution in [3.63, 3.8) is 0 Å². The standard InChI is InChI=1S/C12H13N3O9/c1-8(16)23-11-5-3-2-4-10(11)12(17)13-6-9(24-15(20)21)7-22-14(18)19/h2-5,9H,6-7H2,1H3,(H,13,17). The number of esters is 1. The van der Waals surface area contributed by atoms with Gasteiger partial charge in [-0.25, -0.2) is 0 Å². The number of ether oxygens (including phenoxy) is 1. The predicted octanol–water partition coefficient (Wildman–Crippen LogP) is 0.127. The Morgan fingerprint density at radius 3 is 2.46 bits per heavy atom. The second-order valence-corrected chi connectivity index (χ2v) is 4.27. The molecule has 0 aliphatic heterocycles. The van der Waals surface area contributed by atoms with Crippen LogP contribution in [0.25, 0.3) is 0 Å². The van der Waals surface area contributed by atoms with Crippen LogP contribution in [0.4, 0.5) is 0 Å². The Bertz CT molecular complexity index is 634. The van der Waals surface area contributed by atoms with Gasteiger partial charge in [0.2, 0.25) is 0 Å². The Hall–Kier alpha value is -3.44. The van der Waals surface area contributed by atoms with E-state index in [0.29, 0.717) is 0 Å². The van der Waals surface area contributed by atoms with Crippen LogP contribution in [0.1, 0.15) is 17.3 Å². The summed E-state index contributed by atoms with van der Waals surface area (Å²) in [6.07, 6.45) is -1.39. The lowest BCUT2D eigenvalue weighted by molar-refractivity contribution is -0.789. The average Bonchev–Trinajstić information content (AvgIpc) is 2.49. The Balaban J connectivity index is 2.72. The maximum absolute atomic E-state index is 12.1. The van der Waals surface area contributed by atoms with Crippen molar-refractivity contribution >= 4 is 11.9 Å². The monoisotopic (exact) mass is 343 g/mol. The molecule has 0 saturated carbocycles. The summed E-state index contributed by atoms with van der Waals surface area (Å²) in [5.41, 5.74) is 0.00254. The molecule has 0 fully saturated rings. The van der Waals surface area contributed by atoms with E-state index in [4.69, 9.17) is 4.74 Å². The third-order valence-corrected chi connectivity index (χ3v) is 2.48. The second-order valence-electron chi connectivity index (χ2n) is 4.27. The number of nitrogens with zero attached hydrogens (tertiary/aromatic N) is 2. The second kappa shape index (κ2) is 8.87. The van der Waals surface area contributed by atoms with Crippen LogP contribution in [-0.2, 0) is 14.5 Å². The zero-order valence-corrected chi connectivity index (χ0v) is 12.4. The van der Waals surface area contributed by atoms with Crippen molar-refractivity contribution < 1.29 is 34.2 Å². The summed E-state index contributed by atoms with van der Waals surface area (Å²) in [7, 11) is 0. The Morgan fingerprint density at radius 2 is 1.88 bits per heavy atom. The predicted molar refractivity (Wildman–Crippen MR) is 74.9 cm³/mol. The summed E-state index contributed by atoms with van der Waals surface area (Å²) >= 11 is 0. The van der Waals surface area contributed by atoms with Gasteiger partial charge in [-0.15, -0.1) is 20.2 Å². The van der Waals surface area contributed by atoms with Gasteiger partial charge in [0.25, 0.3) is 16.1 Å². The number of carbonyl (C=O) groups is 2. The van der Waals surface area contributed by atoms with Gasteiger partial charge in [-0.05, 0) is 12.1 Å². The summed E-state index contributed by atoms with van der Waals surface area (Å²) in [6, 6.07) is 5.81. The van der Waals surface area contributed by atoms with E-state index in [0.717, 1.165) is 6.92 Å². The quantitative estimate of drug-likeness (QED) is 0.284. The minimum Gasteiger partial charge on any atom is -0.426 e. The lowest BCUT2D eigenvalue weighted by atomic mass is 10.2. The van der Waals surface area contributed by atoms with Crippen molar-refractivity contribution in [1.29, 1.82) is 0 Å². The molecule has 1 atom stereocenters. The number of nitrogens with one attached hydrogen (secondary N) is 1. The van der Waals surface area contributed by atoms with E-state index >= 15 is 0 Å². The van der Waals surface area contributed by atoms with Gasteiger partial charge in [0.1, 0.15) is 18.5 Å². The third kappa shape index (κ3) is 6.55. The molecule has 24 heavy (non-hydrogen) atoms. The van der Waals surface area contributed by atoms with E-state index in [1.807, 2.05) is 0 Å². The summed E-state index contributed by atoms with van der Waals surface area (Å²) in [6.45, 7) is -0.0352. The average molecular weight is 343 g/mol. The van der Waals surface area contributed by atoms with Crippen molar-refractivity contribution in [2.24, 2.45) is 0 Å². The summed E-state index contributed by atoms with van der Waals surface area (Å²) < 4.78 is 4.86. The summed E-state index contributed by atoms with van der Waals surface area (Å²) in [5, 5.41) is 20.4. The molecule has 130 valence electrons. The van der Waals surface area contributed by atoms with Gasteiger partial charge in [0.05, 0.1) is 5.56 Å². The molecule has 0 spiro atoms. The number of hydrogen-bond acceptors (Lipinski definition) is 9. The zero-order chi connectivity index (χ0) is 18.1. The number of benzene rings is 1. The molecule has 1 amide bonds. The lowest BCUT2D eigenvalue weighted by Crippen LogP contribution is -2.38. The van der Waals surface area contributed by atoms with Gasteiger partial charge in [-0.3, -0.25) is 9.59 Å². The fourth-order valence-electron chi connectivity index (χ4n) is 1.59. The molecule has 0 heterocycles. The molecule has 12 heteroatoms. The Morgan fingerprint density at radius 1 is 1.21 bits per heavy atom. The van der Waals surface area contributed by atoms with Crippen molar-refractivity contribution in [3.8, 4) is 5.75 Å². The number of para-hydroxylation sites is 1. The topological polar surface area (TPSA) is 160 Å². The van der Waals surface area contributed by atoms with Gasteiger partial charge < -0.3 is 19.7 Å². The van der Waals surface area contributed by atoms with Crippen LogP contribution < -0.4 is 10.1 Å². The van der Waals surface area contributed by atoms with E-state index in [9.17, 15) is 29.8 Å². The van der Waals surface area contributed by atoms with Gasteiger partial charge in [0, 0.05) is 13.5 Å². The molecule has 0 aliphatic carbocycles. The molecule has 0 saturated heterocycles. The van der Waals surface area contributed by atoms with Gasteiger partial charge in [-0.1, -0.05) is 12.1 Å². The third-order valence-electron chi connectivity index (χ3n) is 2.48. The Kier molecular flexibility index (Phi) is 6.88. The molecule has 1 aromatic carbocycles. The van der Waals surface area contributed by atoms with E-state index in [2.05, 4.69) is 15.0 Å². The van der Waals surface area contributed by atoms with Crippen LogP contribution in [0.2, 0.25) is 0 Å². The van der Waals surface area contributed by atoms with Crippen LogP contribution in [0.15, 0.2) is 24.3 Å². The first-order valence-electron chi connectivity index (χ1n) is 6.43. The van der Waals surface area contributed by atoms with Gasteiger partial charge in [-0.2, -0.15) is 0 Å². The minimum absolute atomic E-state index is 0.00254. The fraction of sp³-hybridized carbons (Fsp3) is 0.333. The number of hydrogen-bond donors (Lipinski definition) is 1. The molecule has 0 aliphatic rings. The zero-order valence-electron chi connectivity index (χ0n) is 12.4. The normalized spacial score (nSPS) is 11.0. The van der Waals surface area contributed by atoms with E-state index in [1.54, 1.807) is 6.07 Å². The number of carbonyl (C=O) groups excluding carboxylic acids is 2. The molecule has 1 N–H and O–H groups in total. The highest BCUT2D eigenvalue weighted by molar-refractivity contribution is 5.97. The van der Waals surface area contributed by atoms with Crippen molar-refractivity contribution in [1.82, 2.24) is 5.32 Å². The summed E-state index contributed by atoms with van der Waals surface area (Å²) in [4.78, 5) is 51.7. The van der Waals surface area contributed by atoms with Crippen molar-refractivity contribution in [2.75, 3.05) is 13.2 Å². The maximum Gasteiger partial charge on any atom is 0.308 e. The highest BCUT2D eigenvalue weighted by atomic mass is 17.0. The largest absolute Gasteiger partial charge is 0.426 e. The summed E-state index contributed by atoms with van der Waals surface area (Å²) in [5.74, 6) is -1.36. The van der Waals surface area contributed by atoms with Crippen molar-refractivity contribution in [3.05, 3.63) is 50.1 Å². The molecular weight excluding hydrogens is 330 g/mol. The highest BCUT2D eigenvalue weighted by Gasteiger charge is 2.19. The Labute approximate surface area is 134 Å². The smallest absolute Gasteiger partial charge is 0.308 e. The van der Waals surface area contributed by atoms with Crippen molar-refractivity contribution in [2.45, 2.75) is 13.0 Å². The first kappa shape index (κ1) is 18.6. The van der Waals surface area contributed by atoms with Crippen LogP contribution in [0, 0.1) is 20.2 Å². The van der Waals surface area contributed by atoms with Crippen LogP contribution in [0.5, 0.6) is 5.75 Å². The first-order valence-corrected chi connectivity index (χ1v) is 6.43. The first-order chi connectivity index (χ1) is 11.3. The van der Waals surface area contributed by atoms with Crippen LogP contribution in [0.3, 0.4) is 0 Å². The number of amides is 1. The fourth-order valence-corrected chi connectivity index (χ4v) is 1.59. The molecule has 1 rings (SSSR count). The molecule has 0 radical (unpaired) electrons. The van der Waals surface area contributed by atoms with E-state index in [1.165, 1.54) is 18.2 Å². The molecule has 1 unspecified atom stereocenters. The van der Waals surface area contributed by atoms with Crippen LogP contribution in [-0.4, -0.2) is 41.3 Å². The molecule has 12 nitrogen and oxygen atoms in total. The van der Waals surface area contributed by atoms with Crippen LogP contribution >= 0.6 is 0 Å². The molecule has 0 aromatic heterocycles. The minimum atomic E-state index is -1.39. The lowest BCUT2D eigenvalue weighted by Gasteiger charge is -2.15. The van der Waals surface area contributed by atoms with Gasteiger partial charge in [0.15, 0.2) is 0 Å². The van der Waals surface area contributed by atoms with E-state index in [-0.39, 0.29) is 11.3 Å². The number of rotatable bonds is 9. The SMILES string of the molecule is CC(=O)Oc1ccccc1C(=O)NCC(CO[N+](=O)[O-])O[N+](=O)[O-].